The van der Waals surface area contributed by atoms with Crippen LogP contribution in [0.4, 0.5) is 0 Å². The summed E-state index contributed by atoms with van der Waals surface area (Å²) in [5, 5.41) is 6.51. The lowest BCUT2D eigenvalue weighted by molar-refractivity contribution is -0.128. The Morgan fingerprint density at radius 2 is 2.20 bits per heavy atom. The summed E-state index contributed by atoms with van der Waals surface area (Å²) >= 11 is 0. The van der Waals surface area contributed by atoms with E-state index in [1.165, 1.54) is 0 Å². The molecule has 0 bridgehead atoms. The van der Waals surface area contributed by atoms with E-state index in [1.807, 2.05) is 24.3 Å². The molecule has 3 atom stereocenters. The van der Waals surface area contributed by atoms with Crippen molar-refractivity contribution < 1.29 is 9.53 Å². The molecule has 0 radical (unpaired) electrons. The predicted molar refractivity (Wildman–Crippen MR) is 80.4 cm³/mol. The highest BCUT2D eigenvalue weighted by Gasteiger charge is 2.30. The van der Waals surface area contributed by atoms with Gasteiger partial charge < -0.3 is 15.4 Å². The molecule has 0 saturated carbocycles. The molecule has 1 aromatic carbocycles. The van der Waals surface area contributed by atoms with Crippen molar-refractivity contribution >= 4 is 18.3 Å². The number of rotatable bonds is 2. The molecule has 2 heterocycles. The lowest BCUT2D eigenvalue weighted by atomic mass is 10.00. The summed E-state index contributed by atoms with van der Waals surface area (Å²) in [4.78, 5) is 12.2. The number of carbonyl (C=O) groups excluding carboxylic acids is 1. The predicted octanol–water partition coefficient (Wildman–Crippen LogP) is 1.67. The highest BCUT2D eigenvalue weighted by Crippen LogP contribution is 2.28. The highest BCUT2D eigenvalue weighted by atomic mass is 35.5. The smallest absolute Gasteiger partial charge is 0.261 e. The van der Waals surface area contributed by atoms with E-state index >= 15 is 0 Å². The molecular formula is C15H21ClN2O2. The van der Waals surface area contributed by atoms with Crippen LogP contribution in [0, 0.1) is 0 Å². The van der Waals surface area contributed by atoms with Crippen molar-refractivity contribution in [2.45, 2.75) is 44.4 Å². The summed E-state index contributed by atoms with van der Waals surface area (Å²) in [5.74, 6) is 0.872. The minimum atomic E-state index is -0.359. The van der Waals surface area contributed by atoms with Crippen LogP contribution in [0.15, 0.2) is 24.3 Å². The van der Waals surface area contributed by atoms with Crippen molar-refractivity contribution in [3.63, 3.8) is 0 Å². The first kappa shape index (κ1) is 15.1. The van der Waals surface area contributed by atoms with E-state index < -0.39 is 0 Å². The van der Waals surface area contributed by atoms with Crippen LogP contribution in [0.3, 0.4) is 0 Å². The van der Waals surface area contributed by atoms with Crippen molar-refractivity contribution in [1.82, 2.24) is 10.6 Å². The number of hydrogen-bond donors (Lipinski definition) is 2. The average molecular weight is 297 g/mol. The summed E-state index contributed by atoms with van der Waals surface area (Å²) < 4.78 is 5.71. The molecule has 5 heteroatoms. The van der Waals surface area contributed by atoms with Crippen LogP contribution in [0.25, 0.3) is 0 Å². The highest BCUT2D eigenvalue weighted by molar-refractivity contribution is 5.85. The van der Waals surface area contributed by atoms with E-state index in [-0.39, 0.29) is 30.5 Å². The second-order valence-corrected chi connectivity index (χ2v) is 5.50. The molecule has 3 rings (SSSR count). The van der Waals surface area contributed by atoms with Gasteiger partial charge in [0, 0.05) is 18.5 Å². The fourth-order valence-electron chi connectivity index (χ4n) is 2.89. The third-order valence-electron chi connectivity index (χ3n) is 3.91. The Morgan fingerprint density at radius 1 is 1.40 bits per heavy atom. The standard InChI is InChI=1S/C15H20N2O2.ClH/c1-10-8-12(6-7-16-10)17-15(18)14-9-11-4-2-3-5-13(11)19-14;/h2-5,10,12,14,16H,6-9H2,1H3,(H,17,18);1H. The largest absolute Gasteiger partial charge is 0.480 e. The van der Waals surface area contributed by atoms with Crippen LogP contribution < -0.4 is 15.4 Å². The van der Waals surface area contributed by atoms with E-state index in [1.54, 1.807) is 0 Å². The van der Waals surface area contributed by atoms with Crippen LogP contribution >= 0.6 is 12.4 Å². The number of fused-ring (bicyclic) bond motifs is 1. The molecule has 0 spiro atoms. The van der Waals surface area contributed by atoms with Gasteiger partial charge in [-0.15, -0.1) is 12.4 Å². The zero-order valence-corrected chi connectivity index (χ0v) is 12.4. The van der Waals surface area contributed by atoms with Crippen LogP contribution in [0.5, 0.6) is 5.75 Å². The second kappa shape index (κ2) is 6.46. The third kappa shape index (κ3) is 3.25. The number of para-hydroxylation sites is 1. The maximum absolute atomic E-state index is 12.2. The zero-order chi connectivity index (χ0) is 13.2. The molecule has 20 heavy (non-hydrogen) atoms. The number of carbonyl (C=O) groups is 1. The molecule has 1 aromatic rings. The normalized spacial score (nSPS) is 27.9. The van der Waals surface area contributed by atoms with E-state index in [0.717, 1.165) is 30.7 Å². The maximum Gasteiger partial charge on any atom is 0.261 e. The van der Waals surface area contributed by atoms with Gasteiger partial charge in [0.05, 0.1) is 0 Å². The average Bonchev–Trinajstić information content (AvgIpc) is 2.82. The van der Waals surface area contributed by atoms with Gasteiger partial charge in [-0.05, 0) is 37.9 Å². The van der Waals surface area contributed by atoms with Crippen LogP contribution in [0.1, 0.15) is 25.3 Å². The Labute approximate surface area is 125 Å². The minimum Gasteiger partial charge on any atom is -0.480 e. The van der Waals surface area contributed by atoms with Crippen LogP contribution in [-0.4, -0.2) is 30.6 Å². The maximum atomic E-state index is 12.2. The van der Waals surface area contributed by atoms with Crippen molar-refractivity contribution in [1.29, 1.82) is 0 Å². The lowest BCUT2D eigenvalue weighted by Gasteiger charge is -2.29. The minimum absolute atomic E-state index is 0. The van der Waals surface area contributed by atoms with Gasteiger partial charge in [0.1, 0.15) is 5.75 Å². The Bertz CT molecular complexity index is 456. The molecule has 0 aromatic heterocycles. The number of ether oxygens (including phenoxy) is 1. The monoisotopic (exact) mass is 296 g/mol. The first-order chi connectivity index (χ1) is 9.22. The van der Waals surface area contributed by atoms with Gasteiger partial charge in [0.25, 0.3) is 5.91 Å². The van der Waals surface area contributed by atoms with Crippen LogP contribution in [0.2, 0.25) is 0 Å². The Kier molecular flexibility index (Phi) is 4.89. The fourth-order valence-corrected chi connectivity index (χ4v) is 2.89. The van der Waals surface area contributed by atoms with Crippen molar-refractivity contribution in [3.05, 3.63) is 29.8 Å². The molecule has 1 amide bonds. The van der Waals surface area contributed by atoms with Gasteiger partial charge in [0.15, 0.2) is 6.10 Å². The summed E-state index contributed by atoms with van der Waals surface area (Å²) in [6.07, 6.45) is 2.31. The quantitative estimate of drug-likeness (QED) is 0.873. The topological polar surface area (TPSA) is 50.4 Å². The summed E-state index contributed by atoms with van der Waals surface area (Å²) in [6, 6.07) is 8.62. The van der Waals surface area contributed by atoms with Gasteiger partial charge in [-0.2, -0.15) is 0 Å². The number of halogens is 1. The summed E-state index contributed by atoms with van der Waals surface area (Å²) in [5.41, 5.74) is 1.13. The molecule has 2 N–H and O–H groups in total. The first-order valence-corrected chi connectivity index (χ1v) is 7.00. The first-order valence-electron chi connectivity index (χ1n) is 7.00. The van der Waals surface area contributed by atoms with Gasteiger partial charge in [-0.25, -0.2) is 0 Å². The number of piperidine rings is 1. The lowest BCUT2D eigenvalue weighted by Crippen LogP contribution is -2.49. The summed E-state index contributed by atoms with van der Waals surface area (Å²) in [7, 11) is 0. The van der Waals surface area contributed by atoms with E-state index in [2.05, 4.69) is 17.6 Å². The van der Waals surface area contributed by atoms with E-state index in [0.29, 0.717) is 12.5 Å². The zero-order valence-electron chi connectivity index (χ0n) is 11.6. The third-order valence-corrected chi connectivity index (χ3v) is 3.91. The second-order valence-electron chi connectivity index (χ2n) is 5.50. The Balaban J connectivity index is 0.00000147. The Morgan fingerprint density at radius 3 is 2.95 bits per heavy atom. The molecule has 0 aliphatic carbocycles. The van der Waals surface area contributed by atoms with E-state index in [9.17, 15) is 4.79 Å². The molecular weight excluding hydrogens is 276 g/mol. The number of amides is 1. The Hall–Kier alpha value is -1.26. The molecule has 1 fully saturated rings. The number of nitrogens with one attached hydrogen (secondary N) is 2. The van der Waals surface area contributed by atoms with Gasteiger partial charge in [0.2, 0.25) is 0 Å². The summed E-state index contributed by atoms with van der Waals surface area (Å²) in [6.45, 7) is 3.12. The van der Waals surface area contributed by atoms with Crippen molar-refractivity contribution in [2.24, 2.45) is 0 Å². The molecule has 1 saturated heterocycles. The van der Waals surface area contributed by atoms with E-state index in [4.69, 9.17) is 4.74 Å². The van der Waals surface area contributed by atoms with Gasteiger partial charge >= 0.3 is 0 Å². The molecule has 110 valence electrons. The SMILES string of the molecule is CC1CC(NC(=O)C2Cc3ccccc3O2)CCN1.Cl. The molecule has 3 unspecified atom stereocenters. The van der Waals surface area contributed by atoms with Gasteiger partial charge in [-0.1, -0.05) is 18.2 Å². The number of hydrogen-bond acceptors (Lipinski definition) is 3. The van der Waals surface area contributed by atoms with Crippen LogP contribution in [-0.2, 0) is 11.2 Å². The van der Waals surface area contributed by atoms with Crippen molar-refractivity contribution in [2.75, 3.05) is 6.54 Å². The van der Waals surface area contributed by atoms with Gasteiger partial charge in [-0.3, -0.25) is 4.79 Å². The fraction of sp³-hybridized carbons (Fsp3) is 0.533. The molecule has 2 aliphatic rings. The molecule has 4 nitrogen and oxygen atoms in total. The number of benzene rings is 1. The van der Waals surface area contributed by atoms with Crippen molar-refractivity contribution in [3.8, 4) is 5.75 Å². The molecule has 2 aliphatic heterocycles.